The molecule has 9 heteroatoms. The molecule has 0 bridgehead atoms. The smallest absolute Gasteiger partial charge is 0.225 e. The summed E-state index contributed by atoms with van der Waals surface area (Å²) in [6, 6.07) is 9.43. The molecular weight excluding hydrogens is 376 g/mol. The number of rotatable bonds is 7. The largest absolute Gasteiger partial charge is 0.368 e. The van der Waals surface area contributed by atoms with Gasteiger partial charge in [-0.25, -0.2) is 15.0 Å². The third-order valence-corrected chi connectivity index (χ3v) is 4.34. The number of nitrogen functional groups attached to an aromatic ring is 1. The van der Waals surface area contributed by atoms with Crippen LogP contribution in [0, 0.1) is 16.7 Å². The Kier molecular flexibility index (Phi) is 5.76. The highest BCUT2D eigenvalue weighted by atomic mass is 35.5. The van der Waals surface area contributed by atoms with Gasteiger partial charge < -0.3 is 16.4 Å². The van der Waals surface area contributed by atoms with Crippen molar-refractivity contribution >= 4 is 40.2 Å². The molecule has 0 fully saturated rings. The molecule has 0 aliphatic heterocycles. The number of fused-ring (bicyclic) bond motifs is 1. The van der Waals surface area contributed by atoms with Crippen molar-refractivity contribution in [1.82, 2.24) is 19.9 Å². The maximum Gasteiger partial charge on any atom is 0.225 e. The summed E-state index contributed by atoms with van der Waals surface area (Å²) in [4.78, 5) is 17.2. The van der Waals surface area contributed by atoms with Crippen LogP contribution in [0.25, 0.3) is 10.9 Å². The van der Waals surface area contributed by atoms with E-state index in [1.807, 2.05) is 26.0 Å². The van der Waals surface area contributed by atoms with E-state index in [9.17, 15) is 0 Å². The summed E-state index contributed by atoms with van der Waals surface area (Å²) in [7, 11) is 0. The van der Waals surface area contributed by atoms with Crippen LogP contribution in [-0.2, 0) is 6.54 Å². The second-order valence-corrected chi connectivity index (χ2v) is 7.61. The van der Waals surface area contributed by atoms with E-state index >= 15 is 0 Å². The predicted octanol–water partition coefficient (Wildman–Crippen LogP) is 3.62. The van der Waals surface area contributed by atoms with Crippen molar-refractivity contribution in [3.05, 3.63) is 41.2 Å². The fraction of sp³-hybridized carbons (Fsp3) is 0.316. The maximum absolute atomic E-state index is 8.96. The Bertz CT molecular complexity index is 1030. The number of benzene rings is 1. The molecule has 0 aliphatic rings. The van der Waals surface area contributed by atoms with Crippen LogP contribution in [0.1, 0.15) is 26.0 Å². The van der Waals surface area contributed by atoms with Crippen molar-refractivity contribution in [2.24, 2.45) is 5.41 Å². The van der Waals surface area contributed by atoms with Gasteiger partial charge in [-0.3, -0.25) is 0 Å². The van der Waals surface area contributed by atoms with E-state index in [1.54, 1.807) is 18.3 Å². The normalized spacial score (nSPS) is 11.2. The first-order valence-corrected chi connectivity index (χ1v) is 9.13. The SMILES string of the molecule is CC(C)(CC#N)CNc1nc(NCc2ccnc(N)n2)c2cc(Cl)ccc2n1. The second kappa shape index (κ2) is 8.23. The minimum atomic E-state index is -0.195. The summed E-state index contributed by atoms with van der Waals surface area (Å²) >= 11 is 6.16. The monoisotopic (exact) mass is 396 g/mol. The molecule has 144 valence electrons. The standard InChI is InChI=1S/C19H21ClN8/c1-19(2,6-7-21)11-25-18-27-15-4-3-12(20)9-14(15)16(28-18)24-10-13-5-8-23-17(22)26-13/h3-5,8-9H,6,10-11H2,1-2H3,(H2,22,23,26)(H2,24,25,27,28). The summed E-state index contributed by atoms with van der Waals surface area (Å²) in [6.07, 6.45) is 2.04. The molecule has 0 unspecified atom stereocenters. The van der Waals surface area contributed by atoms with Crippen LogP contribution < -0.4 is 16.4 Å². The fourth-order valence-electron chi connectivity index (χ4n) is 2.59. The van der Waals surface area contributed by atoms with Crippen LogP contribution in [-0.4, -0.2) is 26.5 Å². The molecule has 0 radical (unpaired) electrons. The number of hydrogen-bond acceptors (Lipinski definition) is 8. The molecule has 1 aromatic carbocycles. The maximum atomic E-state index is 8.96. The van der Waals surface area contributed by atoms with Gasteiger partial charge in [-0.05, 0) is 29.7 Å². The van der Waals surface area contributed by atoms with Gasteiger partial charge in [0.1, 0.15) is 5.82 Å². The first-order valence-electron chi connectivity index (χ1n) is 8.76. The molecule has 3 aromatic rings. The average Bonchev–Trinajstić information content (AvgIpc) is 2.65. The lowest BCUT2D eigenvalue weighted by Gasteiger charge is -2.21. The van der Waals surface area contributed by atoms with Crippen LogP contribution in [0.4, 0.5) is 17.7 Å². The van der Waals surface area contributed by atoms with Gasteiger partial charge in [0.15, 0.2) is 0 Å². The molecule has 0 atom stereocenters. The van der Waals surface area contributed by atoms with Gasteiger partial charge in [-0.2, -0.15) is 10.2 Å². The van der Waals surface area contributed by atoms with Crippen LogP contribution >= 0.6 is 11.6 Å². The zero-order chi connectivity index (χ0) is 20.1. The van der Waals surface area contributed by atoms with Crippen molar-refractivity contribution in [1.29, 1.82) is 5.26 Å². The van der Waals surface area contributed by atoms with E-state index in [0.717, 1.165) is 16.6 Å². The van der Waals surface area contributed by atoms with Gasteiger partial charge in [0, 0.05) is 29.6 Å². The molecule has 4 N–H and O–H groups in total. The van der Waals surface area contributed by atoms with Crippen molar-refractivity contribution in [2.45, 2.75) is 26.8 Å². The highest BCUT2D eigenvalue weighted by Crippen LogP contribution is 2.27. The van der Waals surface area contributed by atoms with Crippen LogP contribution in [0.5, 0.6) is 0 Å². The number of nitriles is 1. The molecule has 0 spiro atoms. The highest BCUT2D eigenvalue weighted by molar-refractivity contribution is 6.31. The zero-order valence-corrected chi connectivity index (χ0v) is 16.5. The summed E-state index contributed by atoms with van der Waals surface area (Å²) in [5.41, 5.74) is 6.94. The van der Waals surface area contributed by atoms with E-state index in [2.05, 4.69) is 36.6 Å². The third-order valence-electron chi connectivity index (χ3n) is 4.11. The summed E-state index contributed by atoms with van der Waals surface area (Å²) in [5, 5.41) is 16.9. The first kappa shape index (κ1) is 19.6. The summed E-state index contributed by atoms with van der Waals surface area (Å²) < 4.78 is 0. The first-order chi connectivity index (χ1) is 13.4. The third kappa shape index (κ3) is 4.96. The number of nitrogens with one attached hydrogen (secondary N) is 2. The van der Waals surface area contributed by atoms with Gasteiger partial charge in [0.25, 0.3) is 0 Å². The average molecular weight is 397 g/mol. The molecule has 2 heterocycles. The van der Waals surface area contributed by atoms with Crippen molar-refractivity contribution in [3.63, 3.8) is 0 Å². The second-order valence-electron chi connectivity index (χ2n) is 7.17. The van der Waals surface area contributed by atoms with E-state index in [-0.39, 0.29) is 11.4 Å². The van der Waals surface area contributed by atoms with Crippen molar-refractivity contribution in [3.8, 4) is 6.07 Å². The Morgan fingerprint density at radius 1 is 1.18 bits per heavy atom. The molecule has 3 rings (SSSR count). The van der Waals surface area contributed by atoms with Gasteiger partial charge in [-0.15, -0.1) is 0 Å². The molecule has 8 nitrogen and oxygen atoms in total. The lowest BCUT2D eigenvalue weighted by Crippen LogP contribution is -2.23. The molecule has 0 saturated carbocycles. The van der Waals surface area contributed by atoms with Crippen molar-refractivity contribution < 1.29 is 0 Å². The van der Waals surface area contributed by atoms with E-state index in [4.69, 9.17) is 22.6 Å². The number of anilines is 3. The van der Waals surface area contributed by atoms with Crippen LogP contribution in [0.3, 0.4) is 0 Å². The Hall–Kier alpha value is -3.18. The predicted molar refractivity (Wildman–Crippen MR) is 111 cm³/mol. The van der Waals surface area contributed by atoms with E-state index < -0.39 is 0 Å². The molecular formula is C19H21ClN8. The van der Waals surface area contributed by atoms with Crippen LogP contribution in [0.2, 0.25) is 5.02 Å². The minimum absolute atomic E-state index is 0.195. The molecule has 0 aliphatic carbocycles. The van der Waals surface area contributed by atoms with E-state index in [0.29, 0.717) is 36.3 Å². The van der Waals surface area contributed by atoms with Crippen LogP contribution in [0.15, 0.2) is 30.5 Å². The molecule has 0 amide bonds. The quantitative estimate of drug-likeness (QED) is 0.552. The van der Waals surface area contributed by atoms with Gasteiger partial charge in [-0.1, -0.05) is 25.4 Å². The topological polar surface area (TPSA) is 125 Å². The van der Waals surface area contributed by atoms with Gasteiger partial charge in [0.2, 0.25) is 11.9 Å². The summed E-state index contributed by atoms with van der Waals surface area (Å²) in [5.74, 6) is 1.33. The Labute approximate surface area is 168 Å². The molecule has 28 heavy (non-hydrogen) atoms. The van der Waals surface area contributed by atoms with Gasteiger partial charge >= 0.3 is 0 Å². The molecule has 2 aromatic heterocycles. The van der Waals surface area contributed by atoms with E-state index in [1.165, 1.54) is 0 Å². The molecule has 0 saturated heterocycles. The Morgan fingerprint density at radius 3 is 2.75 bits per heavy atom. The number of aromatic nitrogens is 4. The number of halogens is 1. The summed E-state index contributed by atoms with van der Waals surface area (Å²) in [6.45, 7) is 5.03. The Morgan fingerprint density at radius 2 is 2.00 bits per heavy atom. The fourth-order valence-corrected chi connectivity index (χ4v) is 2.77. The zero-order valence-electron chi connectivity index (χ0n) is 15.7. The lowest BCUT2D eigenvalue weighted by molar-refractivity contribution is 0.402. The lowest BCUT2D eigenvalue weighted by atomic mass is 9.90. The van der Waals surface area contributed by atoms with Gasteiger partial charge in [0.05, 0.1) is 23.8 Å². The Balaban J connectivity index is 1.88. The number of hydrogen-bond donors (Lipinski definition) is 3. The minimum Gasteiger partial charge on any atom is -0.368 e. The van der Waals surface area contributed by atoms with Crippen molar-refractivity contribution in [2.75, 3.05) is 22.9 Å². The number of nitrogens with two attached hydrogens (primary N) is 1. The number of nitrogens with zero attached hydrogens (tertiary/aromatic N) is 5. The highest BCUT2D eigenvalue weighted by Gasteiger charge is 2.18.